The van der Waals surface area contributed by atoms with Gasteiger partial charge in [0, 0.05) is 25.4 Å². The first kappa shape index (κ1) is 20.4. The Hall–Kier alpha value is -1.62. The number of hydrogen-bond acceptors (Lipinski definition) is 3. The lowest BCUT2D eigenvalue weighted by Crippen LogP contribution is -2.41. The van der Waals surface area contributed by atoms with E-state index in [4.69, 9.17) is 5.11 Å². The number of hydrogen-bond donors (Lipinski definition) is 3. The summed E-state index contributed by atoms with van der Waals surface area (Å²) in [6, 6.07) is -0.108. The molecule has 0 radical (unpaired) electrons. The van der Waals surface area contributed by atoms with E-state index in [0.29, 0.717) is 19.4 Å². The summed E-state index contributed by atoms with van der Waals surface area (Å²) in [5.41, 5.74) is 1.45. The van der Waals surface area contributed by atoms with Crippen molar-refractivity contribution in [2.24, 2.45) is 0 Å². The van der Waals surface area contributed by atoms with Crippen molar-refractivity contribution in [1.82, 2.24) is 10.6 Å². The maximum absolute atomic E-state index is 11.9. The van der Waals surface area contributed by atoms with Crippen molar-refractivity contribution < 1.29 is 14.7 Å². The van der Waals surface area contributed by atoms with Crippen LogP contribution in [0.25, 0.3) is 0 Å². The summed E-state index contributed by atoms with van der Waals surface area (Å²) >= 11 is 0. The molecular weight excluding hydrogens is 304 g/mol. The van der Waals surface area contributed by atoms with Crippen molar-refractivity contribution in [2.75, 3.05) is 13.6 Å². The molecule has 1 unspecified atom stereocenters. The number of allylic oxidation sites excluding steroid dienone is 4. The van der Waals surface area contributed by atoms with E-state index in [1.165, 1.54) is 24.8 Å². The summed E-state index contributed by atoms with van der Waals surface area (Å²) in [5, 5.41) is 14.7. The summed E-state index contributed by atoms with van der Waals surface area (Å²) in [4.78, 5) is 22.6. The maximum Gasteiger partial charge on any atom is 0.303 e. The number of amides is 1. The van der Waals surface area contributed by atoms with Gasteiger partial charge in [-0.15, -0.1) is 0 Å². The zero-order valence-electron chi connectivity index (χ0n) is 14.9. The molecule has 0 aliphatic heterocycles. The molecular formula is C19H32N2O3. The van der Waals surface area contributed by atoms with E-state index in [0.717, 1.165) is 25.7 Å². The van der Waals surface area contributed by atoms with Crippen molar-refractivity contribution in [2.45, 2.75) is 70.3 Å². The average molecular weight is 336 g/mol. The Kier molecular flexibility index (Phi) is 10.9. The van der Waals surface area contributed by atoms with Crippen molar-refractivity contribution in [3.8, 4) is 0 Å². The molecule has 0 aromatic heterocycles. The summed E-state index contributed by atoms with van der Waals surface area (Å²) < 4.78 is 0. The van der Waals surface area contributed by atoms with Gasteiger partial charge in [-0.25, -0.2) is 0 Å². The minimum atomic E-state index is -0.826. The molecule has 5 nitrogen and oxygen atoms in total. The Balaban J connectivity index is 2.07. The van der Waals surface area contributed by atoms with E-state index in [1.807, 2.05) is 0 Å². The first-order chi connectivity index (χ1) is 11.6. The Morgan fingerprint density at radius 3 is 2.62 bits per heavy atom. The SMILES string of the molecule is CNCC(CCC(=O)O)NC(=O)CCCCCCC1=CCCC=C1. The van der Waals surface area contributed by atoms with E-state index >= 15 is 0 Å². The Morgan fingerprint density at radius 1 is 1.17 bits per heavy atom. The molecule has 1 amide bonds. The predicted molar refractivity (Wildman–Crippen MR) is 96.9 cm³/mol. The van der Waals surface area contributed by atoms with E-state index in [-0.39, 0.29) is 18.4 Å². The molecule has 0 aromatic carbocycles. The molecule has 0 saturated carbocycles. The quantitative estimate of drug-likeness (QED) is 0.451. The van der Waals surface area contributed by atoms with Gasteiger partial charge in [0.1, 0.15) is 0 Å². The van der Waals surface area contributed by atoms with Crippen LogP contribution in [0.5, 0.6) is 0 Å². The van der Waals surface area contributed by atoms with Gasteiger partial charge in [-0.1, -0.05) is 36.6 Å². The highest BCUT2D eigenvalue weighted by molar-refractivity contribution is 5.76. The summed E-state index contributed by atoms with van der Waals surface area (Å²) in [5.74, 6) is -0.799. The second-order valence-electron chi connectivity index (χ2n) is 6.43. The van der Waals surface area contributed by atoms with Crippen molar-refractivity contribution in [3.05, 3.63) is 23.8 Å². The Labute approximate surface area is 145 Å². The lowest BCUT2D eigenvalue weighted by Gasteiger charge is -2.17. The third kappa shape index (κ3) is 10.2. The molecule has 0 saturated heterocycles. The third-order valence-corrected chi connectivity index (χ3v) is 4.21. The monoisotopic (exact) mass is 336 g/mol. The number of carboxylic acid groups (broad SMARTS) is 1. The van der Waals surface area contributed by atoms with E-state index in [9.17, 15) is 9.59 Å². The van der Waals surface area contributed by atoms with Crippen LogP contribution in [0.3, 0.4) is 0 Å². The lowest BCUT2D eigenvalue weighted by atomic mass is 10.0. The Morgan fingerprint density at radius 2 is 1.96 bits per heavy atom. The number of carbonyl (C=O) groups excluding carboxylic acids is 1. The van der Waals surface area contributed by atoms with Crippen LogP contribution in [0.4, 0.5) is 0 Å². The van der Waals surface area contributed by atoms with Crippen LogP contribution >= 0.6 is 0 Å². The zero-order valence-corrected chi connectivity index (χ0v) is 14.9. The molecule has 1 aliphatic carbocycles. The molecule has 0 spiro atoms. The highest BCUT2D eigenvalue weighted by atomic mass is 16.4. The molecule has 1 rings (SSSR count). The third-order valence-electron chi connectivity index (χ3n) is 4.21. The Bertz CT molecular complexity index is 444. The molecule has 1 atom stereocenters. The highest BCUT2D eigenvalue weighted by Gasteiger charge is 2.13. The maximum atomic E-state index is 11.9. The van der Waals surface area contributed by atoms with Crippen LogP contribution in [-0.4, -0.2) is 36.6 Å². The van der Waals surface area contributed by atoms with Gasteiger partial charge < -0.3 is 15.7 Å². The molecule has 0 aromatic rings. The number of nitrogens with one attached hydrogen (secondary N) is 2. The van der Waals surface area contributed by atoms with Gasteiger partial charge in [0.25, 0.3) is 0 Å². The van der Waals surface area contributed by atoms with Crippen LogP contribution in [-0.2, 0) is 9.59 Å². The zero-order chi connectivity index (χ0) is 17.6. The van der Waals surface area contributed by atoms with E-state index in [2.05, 4.69) is 28.9 Å². The van der Waals surface area contributed by atoms with Gasteiger partial charge in [-0.3, -0.25) is 9.59 Å². The average Bonchev–Trinajstić information content (AvgIpc) is 2.57. The van der Waals surface area contributed by atoms with Gasteiger partial charge in [-0.2, -0.15) is 0 Å². The van der Waals surface area contributed by atoms with Crippen molar-refractivity contribution >= 4 is 11.9 Å². The normalized spacial score (nSPS) is 15.0. The van der Waals surface area contributed by atoms with Crippen LogP contribution in [0.1, 0.15) is 64.2 Å². The second-order valence-corrected chi connectivity index (χ2v) is 6.43. The van der Waals surface area contributed by atoms with Crippen LogP contribution in [0.2, 0.25) is 0 Å². The number of carbonyl (C=O) groups is 2. The molecule has 24 heavy (non-hydrogen) atoms. The number of unbranched alkanes of at least 4 members (excludes halogenated alkanes) is 3. The fourth-order valence-electron chi connectivity index (χ4n) is 2.89. The summed E-state index contributed by atoms with van der Waals surface area (Å²) in [7, 11) is 1.80. The van der Waals surface area contributed by atoms with E-state index in [1.54, 1.807) is 7.05 Å². The minimum Gasteiger partial charge on any atom is -0.481 e. The topological polar surface area (TPSA) is 78.4 Å². The smallest absolute Gasteiger partial charge is 0.303 e. The fourth-order valence-corrected chi connectivity index (χ4v) is 2.89. The molecule has 136 valence electrons. The second kappa shape index (κ2) is 12.8. The van der Waals surface area contributed by atoms with Gasteiger partial charge in [-0.05, 0) is 45.6 Å². The first-order valence-electron chi connectivity index (χ1n) is 9.13. The highest BCUT2D eigenvalue weighted by Crippen LogP contribution is 2.17. The molecule has 3 N–H and O–H groups in total. The predicted octanol–water partition coefficient (Wildman–Crippen LogP) is 3.17. The van der Waals surface area contributed by atoms with E-state index < -0.39 is 5.97 Å². The summed E-state index contributed by atoms with van der Waals surface area (Å²) in [6.07, 6.45) is 15.6. The van der Waals surface area contributed by atoms with Gasteiger partial charge in [0.2, 0.25) is 5.91 Å². The molecule has 0 fully saturated rings. The lowest BCUT2D eigenvalue weighted by molar-refractivity contribution is -0.137. The first-order valence-corrected chi connectivity index (χ1v) is 9.13. The number of likely N-dealkylation sites (N-methyl/N-ethyl adjacent to an activating group) is 1. The van der Waals surface area contributed by atoms with Crippen LogP contribution in [0, 0.1) is 0 Å². The molecule has 1 aliphatic rings. The fraction of sp³-hybridized carbons (Fsp3) is 0.684. The number of carboxylic acids is 1. The largest absolute Gasteiger partial charge is 0.481 e. The van der Waals surface area contributed by atoms with Gasteiger partial charge in [0.15, 0.2) is 0 Å². The van der Waals surface area contributed by atoms with Gasteiger partial charge in [0.05, 0.1) is 0 Å². The molecule has 0 heterocycles. The van der Waals surface area contributed by atoms with Crippen molar-refractivity contribution in [3.63, 3.8) is 0 Å². The van der Waals surface area contributed by atoms with Crippen LogP contribution < -0.4 is 10.6 Å². The minimum absolute atomic E-state index is 0.0264. The van der Waals surface area contributed by atoms with Crippen molar-refractivity contribution in [1.29, 1.82) is 0 Å². The standard InChI is InChI=1S/C19H32N2O3/c1-20-15-17(13-14-19(23)24)21-18(22)12-8-3-2-5-9-16-10-6-4-7-11-16/h6,10-11,17,20H,2-5,7-9,12-15H2,1H3,(H,21,22)(H,23,24). The number of aliphatic carboxylic acids is 1. The summed E-state index contributed by atoms with van der Waals surface area (Å²) in [6.45, 7) is 0.599. The van der Waals surface area contributed by atoms with Crippen LogP contribution in [0.15, 0.2) is 23.8 Å². The molecule has 0 bridgehead atoms. The van der Waals surface area contributed by atoms with Gasteiger partial charge >= 0.3 is 5.97 Å². The molecule has 5 heteroatoms. The number of rotatable bonds is 13.